The minimum atomic E-state index is -5.17. The normalized spacial score (nSPS) is 21.2. The fourth-order valence-corrected chi connectivity index (χ4v) is 4.01. The van der Waals surface area contributed by atoms with Crippen LogP contribution in [0.5, 0.6) is 5.88 Å². The molecule has 0 spiro atoms. The molecule has 0 fully saturated rings. The van der Waals surface area contributed by atoms with Gasteiger partial charge in [-0.15, -0.1) is 10.2 Å². The zero-order valence-electron chi connectivity index (χ0n) is 19.0. The van der Waals surface area contributed by atoms with Crippen molar-refractivity contribution in [1.82, 2.24) is 15.2 Å². The van der Waals surface area contributed by atoms with Crippen LogP contribution in [0.4, 0.5) is 36.4 Å². The summed E-state index contributed by atoms with van der Waals surface area (Å²) in [4.78, 5) is 3.80. The number of fused-ring (bicyclic) bond motifs is 5. The molecule has 0 saturated carbocycles. The van der Waals surface area contributed by atoms with Crippen LogP contribution >= 0.6 is 0 Å². The van der Waals surface area contributed by atoms with Crippen molar-refractivity contribution in [2.24, 2.45) is 0 Å². The molecule has 3 N–H and O–H groups in total. The van der Waals surface area contributed by atoms with Crippen LogP contribution in [0.1, 0.15) is 49.1 Å². The van der Waals surface area contributed by atoms with Crippen molar-refractivity contribution in [3.63, 3.8) is 0 Å². The lowest BCUT2D eigenvalue weighted by atomic mass is 9.94. The maximum absolute atomic E-state index is 13.8. The predicted molar refractivity (Wildman–Crippen MR) is 115 cm³/mol. The Bertz CT molecular complexity index is 1240. The second-order valence-corrected chi connectivity index (χ2v) is 8.72. The molecule has 4 bridgehead atoms. The minimum Gasteiger partial charge on any atom is -0.474 e. The van der Waals surface area contributed by atoms with Gasteiger partial charge in [-0.1, -0.05) is 18.6 Å². The van der Waals surface area contributed by atoms with Crippen molar-refractivity contribution < 1.29 is 45.0 Å². The van der Waals surface area contributed by atoms with Gasteiger partial charge >= 0.3 is 12.4 Å². The van der Waals surface area contributed by atoms with Gasteiger partial charge in [-0.25, -0.2) is 9.37 Å². The van der Waals surface area contributed by atoms with Gasteiger partial charge in [0, 0.05) is 6.42 Å². The summed E-state index contributed by atoms with van der Waals surface area (Å²) in [6.07, 6.45) is -11.3. The van der Waals surface area contributed by atoms with E-state index in [0.29, 0.717) is 11.6 Å². The Morgan fingerprint density at radius 2 is 1.73 bits per heavy atom. The molecule has 7 nitrogen and oxygen atoms in total. The Labute approximate surface area is 205 Å². The zero-order chi connectivity index (χ0) is 27.0. The zero-order valence-corrected chi connectivity index (χ0v) is 19.0. The number of aliphatic hydroxyl groups is 1. The number of nitrogens with zero attached hydrogens (tertiary/aromatic N) is 3. The summed E-state index contributed by atoms with van der Waals surface area (Å²) in [6, 6.07) is 5.77. The van der Waals surface area contributed by atoms with Crippen molar-refractivity contribution in [3.8, 4) is 17.5 Å². The van der Waals surface area contributed by atoms with Gasteiger partial charge in [0.05, 0.1) is 5.69 Å². The molecule has 37 heavy (non-hydrogen) atoms. The minimum absolute atomic E-state index is 0.0656. The van der Waals surface area contributed by atoms with Crippen LogP contribution in [-0.2, 0) is 18.2 Å². The molecule has 3 heterocycles. The Morgan fingerprint density at radius 3 is 2.38 bits per heavy atom. The lowest BCUT2D eigenvalue weighted by Crippen LogP contribution is -2.42. The molecule has 4 rings (SSSR count). The summed E-state index contributed by atoms with van der Waals surface area (Å²) in [5.41, 5.74) is 0.361. The molecule has 2 aromatic heterocycles. The van der Waals surface area contributed by atoms with Gasteiger partial charge in [0.1, 0.15) is 17.5 Å². The first kappa shape index (κ1) is 26.6. The van der Waals surface area contributed by atoms with Crippen molar-refractivity contribution >= 4 is 5.69 Å². The number of nitrogens with two attached hydrogens (primary N) is 1. The maximum Gasteiger partial charge on any atom is 0.426 e. The molecule has 1 unspecified atom stereocenters. The number of ether oxygens (including phenoxy) is 1. The summed E-state index contributed by atoms with van der Waals surface area (Å²) >= 11 is 0. The number of pyridine rings is 1. The number of anilines is 1. The Morgan fingerprint density at radius 1 is 1.03 bits per heavy atom. The number of nitrogen functional groups attached to an aromatic ring is 1. The number of hydrogen-bond donors (Lipinski definition) is 2. The van der Waals surface area contributed by atoms with Crippen LogP contribution in [0.25, 0.3) is 11.6 Å². The van der Waals surface area contributed by atoms with Crippen LogP contribution in [0.15, 0.2) is 34.7 Å². The number of halogens is 7. The lowest BCUT2D eigenvalue weighted by molar-refractivity contribution is -0.277. The number of alkyl halides is 6. The van der Waals surface area contributed by atoms with Gasteiger partial charge in [-0.2, -0.15) is 26.3 Å². The number of benzene rings is 1. The summed E-state index contributed by atoms with van der Waals surface area (Å²) in [5.74, 6) is -3.28. The fraction of sp³-hybridized carbons (Fsp3) is 0.435. The average molecular weight is 534 g/mol. The van der Waals surface area contributed by atoms with E-state index in [1.807, 2.05) is 0 Å². The van der Waals surface area contributed by atoms with Gasteiger partial charge in [0.2, 0.25) is 11.5 Å². The Kier molecular flexibility index (Phi) is 7.06. The van der Waals surface area contributed by atoms with Crippen LogP contribution in [-0.4, -0.2) is 32.6 Å². The predicted octanol–water partition coefficient (Wildman–Crippen LogP) is 5.58. The highest BCUT2D eigenvalue weighted by atomic mass is 19.4. The molecule has 1 aromatic carbocycles. The SMILES string of the molecule is Nc1cc(C(F)(F)F)c2nc1-c1nnc(o1)[C@@](O)(C(F)(F)F)CCCCCC(Cc1ccc(F)cc1)O2. The second kappa shape index (κ2) is 9.80. The first-order valence-electron chi connectivity index (χ1n) is 11.2. The molecule has 2 atom stereocenters. The third-order valence-electron chi connectivity index (χ3n) is 5.99. The van der Waals surface area contributed by atoms with Crippen molar-refractivity contribution in [2.75, 3.05) is 5.73 Å². The number of hydrogen-bond acceptors (Lipinski definition) is 7. The van der Waals surface area contributed by atoms with Crippen molar-refractivity contribution in [3.05, 3.63) is 53.2 Å². The third-order valence-corrected chi connectivity index (χ3v) is 5.99. The summed E-state index contributed by atoms with van der Waals surface area (Å²) in [6.45, 7) is 0. The van der Waals surface area contributed by atoms with Gasteiger partial charge in [-0.05, 0) is 49.4 Å². The quantitative estimate of drug-likeness (QED) is 0.414. The lowest BCUT2D eigenvalue weighted by Gasteiger charge is -2.27. The highest BCUT2D eigenvalue weighted by molar-refractivity contribution is 5.68. The van der Waals surface area contributed by atoms with E-state index in [-0.39, 0.29) is 32.1 Å². The van der Waals surface area contributed by atoms with Gasteiger partial charge in [0.15, 0.2) is 5.69 Å². The van der Waals surface area contributed by atoms with Crippen LogP contribution in [0.3, 0.4) is 0 Å². The van der Waals surface area contributed by atoms with E-state index in [0.717, 1.165) is 0 Å². The van der Waals surface area contributed by atoms with E-state index >= 15 is 0 Å². The molecule has 1 aliphatic rings. The van der Waals surface area contributed by atoms with Gasteiger partial charge in [-0.3, -0.25) is 0 Å². The molecule has 0 aliphatic carbocycles. The van der Waals surface area contributed by atoms with Crippen LogP contribution in [0.2, 0.25) is 0 Å². The van der Waals surface area contributed by atoms with Gasteiger partial charge in [0.25, 0.3) is 11.8 Å². The van der Waals surface area contributed by atoms with Crippen molar-refractivity contribution in [1.29, 1.82) is 0 Å². The molecule has 1 aliphatic heterocycles. The Balaban J connectivity index is 1.81. The van der Waals surface area contributed by atoms with Gasteiger partial charge < -0.3 is 20.0 Å². The molecule has 0 saturated heterocycles. The number of rotatable bonds is 2. The molecule has 0 amide bonds. The highest BCUT2D eigenvalue weighted by Crippen LogP contribution is 2.44. The van der Waals surface area contributed by atoms with E-state index in [4.69, 9.17) is 14.9 Å². The van der Waals surface area contributed by atoms with E-state index in [1.165, 1.54) is 24.3 Å². The first-order valence-corrected chi connectivity index (χ1v) is 11.2. The maximum atomic E-state index is 13.8. The smallest absolute Gasteiger partial charge is 0.426 e. The van der Waals surface area contributed by atoms with E-state index in [1.54, 1.807) is 0 Å². The highest BCUT2D eigenvalue weighted by Gasteiger charge is 2.58. The summed E-state index contributed by atoms with van der Waals surface area (Å²) < 4.78 is 107. The van der Waals surface area contributed by atoms with E-state index in [2.05, 4.69) is 15.2 Å². The van der Waals surface area contributed by atoms with E-state index < -0.39 is 70.9 Å². The molecule has 200 valence electrons. The topological polar surface area (TPSA) is 107 Å². The average Bonchev–Trinajstić information content (AvgIpc) is 3.29. The third kappa shape index (κ3) is 5.63. The summed E-state index contributed by atoms with van der Waals surface area (Å²) in [5, 5.41) is 17.2. The molecule has 0 radical (unpaired) electrons. The number of aromatic nitrogens is 3. The fourth-order valence-electron chi connectivity index (χ4n) is 4.01. The molecule has 14 heteroatoms. The monoisotopic (exact) mass is 534 g/mol. The Hall–Kier alpha value is -3.42. The van der Waals surface area contributed by atoms with E-state index in [9.17, 15) is 35.8 Å². The standard InChI is InChI=1S/C23H21F7N4O3/c24-13-7-5-12(6-8-13)10-14-4-2-1-3-9-21(35,23(28,29)30)20-34-33-19(37-20)17-16(31)11-15(22(25,26)27)18(32-17)36-14/h5-8,11,14,35H,1-4,9-10,31H2/t14?,21-/m1/s1. The van der Waals surface area contributed by atoms with Crippen molar-refractivity contribution in [2.45, 2.75) is 62.6 Å². The molecular formula is C23H21F7N4O3. The van der Waals surface area contributed by atoms with Crippen LogP contribution < -0.4 is 10.5 Å². The molecule has 3 aromatic rings. The van der Waals surface area contributed by atoms with Crippen LogP contribution in [0, 0.1) is 5.82 Å². The molecular weight excluding hydrogens is 513 g/mol. The second-order valence-electron chi connectivity index (χ2n) is 8.72. The summed E-state index contributed by atoms with van der Waals surface area (Å²) in [7, 11) is 0. The largest absolute Gasteiger partial charge is 0.474 e. The first-order chi connectivity index (χ1) is 17.3.